The van der Waals surface area contributed by atoms with Crippen molar-refractivity contribution in [1.82, 2.24) is 15.6 Å². The number of rotatable bonds is 10. The normalized spacial score (nSPS) is 16.3. The molecule has 3 amide bonds. The van der Waals surface area contributed by atoms with E-state index in [1.165, 1.54) is 6.20 Å². The molecule has 1 aliphatic carbocycles. The van der Waals surface area contributed by atoms with Crippen LogP contribution in [-0.4, -0.2) is 51.4 Å². The third-order valence-corrected chi connectivity index (χ3v) is 6.28. The van der Waals surface area contributed by atoms with Crippen LogP contribution in [0.15, 0.2) is 12.4 Å². The number of carbonyl (C=O) groups is 4. The SMILES string of the molecule is CC(C)[C@H](N)C(=O)N[C@H](C(=O)NC(C)(C)CC(=O)Nc1cncc(C(=O)O)c1N)C1CCCCC1. The summed E-state index contributed by atoms with van der Waals surface area (Å²) in [5, 5.41) is 17.5. The molecule has 0 spiro atoms. The van der Waals surface area contributed by atoms with Gasteiger partial charge in [0.1, 0.15) is 11.6 Å². The number of amides is 3. The molecule has 0 radical (unpaired) electrons. The van der Waals surface area contributed by atoms with Crippen LogP contribution in [0.1, 0.15) is 76.6 Å². The zero-order valence-electron chi connectivity index (χ0n) is 20.9. The van der Waals surface area contributed by atoms with Gasteiger partial charge in [-0.15, -0.1) is 0 Å². The van der Waals surface area contributed by atoms with Crippen molar-refractivity contribution >= 4 is 35.1 Å². The van der Waals surface area contributed by atoms with E-state index in [0.29, 0.717) is 0 Å². The molecule has 11 nitrogen and oxygen atoms in total. The van der Waals surface area contributed by atoms with Gasteiger partial charge in [-0.05, 0) is 38.5 Å². The Kier molecular flexibility index (Phi) is 9.58. The number of hydrogen-bond acceptors (Lipinski definition) is 7. The van der Waals surface area contributed by atoms with E-state index in [4.69, 9.17) is 11.5 Å². The Morgan fingerprint density at radius 2 is 1.74 bits per heavy atom. The first-order valence-corrected chi connectivity index (χ1v) is 12.0. The maximum atomic E-state index is 13.3. The lowest BCUT2D eigenvalue weighted by Gasteiger charge is -2.34. The van der Waals surface area contributed by atoms with Crippen LogP contribution in [0, 0.1) is 11.8 Å². The van der Waals surface area contributed by atoms with E-state index in [0.717, 1.165) is 38.3 Å². The first-order chi connectivity index (χ1) is 16.3. The number of pyridine rings is 1. The van der Waals surface area contributed by atoms with Crippen LogP contribution >= 0.6 is 0 Å². The lowest BCUT2D eigenvalue weighted by Crippen LogP contribution is -2.59. The summed E-state index contributed by atoms with van der Waals surface area (Å²) in [5.74, 6) is -2.57. The number of carboxylic acid groups (broad SMARTS) is 1. The van der Waals surface area contributed by atoms with E-state index in [1.807, 2.05) is 13.8 Å². The van der Waals surface area contributed by atoms with Gasteiger partial charge in [0.15, 0.2) is 0 Å². The van der Waals surface area contributed by atoms with Crippen molar-refractivity contribution in [3.05, 3.63) is 18.0 Å². The number of nitrogen functional groups attached to an aromatic ring is 1. The molecule has 0 aliphatic heterocycles. The number of nitrogens with two attached hydrogens (primary N) is 2. The van der Waals surface area contributed by atoms with Gasteiger partial charge < -0.3 is 32.5 Å². The molecule has 11 heteroatoms. The van der Waals surface area contributed by atoms with Crippen LogP contribution in [0.5, 0.6) is 0 Å². The third kappa shape index (κ3) is 7.91. The summed E-state index contributed by atoms with van der Waals surface area (Å²) in [6.45, 7) is 7.07. The van der Waals surface area contributed by atoms with E-state index >= 15 is 0 Å². The van der Waals surface area contributed by atoms with Crippen molar-refractivity contribution < 1.29 is 24.3 Å². The number of nitrogens with zero attached hydrogens (tertiary/aromatic N) is 1. The standard InChI is InChI=1S/C24H38N6O5/c1-13(2)18(25)21(32)29-20(14-8-6-5-7-9-14)22(33)30-24(3,4)10-17(31)28-16-12-27-11-15(19(16)26)23(34)35/h11-14,18,20H,5-10,25H2,1-4H3,(H2,26,27)(H,28,31)(H,29,32)(H,30,33)(H,34,35)/t18-,20-/m0/s1. The van der Waals surface area contributed by atoms with Gasteiger partial charge in [-0.2, -0.15) is 0 Å². The molecule has 194 valence electrons. The highest BCUT2D eigenvalue weighted by Gasteiger charge is 2.35. The Hall–Kier alpha value is -3.21. The Balaban J connectivity index is 2.10. The topological polar surface area (TPSA) is 190 Å². The van der Waals surface area contributed by atoms with E-state index in [-0.39, 0.29) is 47.0 Å². The first-order valence-electron chi connectivity index (χ1n) is 12.0. The number of carbonyl (C=O) groups excluding carboxylic acids is 3. The van der Waals surface area contributed by atoms with Gasteiger partial charge in [-0.3, -0.25) is 19.4 Å². The van der Waals surface area contributed by atoms with Crippen molar-refractivity contribution in [2.24, 2.45) is 17.6 Å². The van der Waals surface area contributed by atoms with E-state index in [2.05, 4.69) is 20.9 Å². The highest BCUT2D eigenvalue weighted by molar-refractivity contribution is 6.01. The van der Waals surface area contributed by atoms with Gasteiger partial charge in [-0.25, -0.2) is 4.79 Å². The summed E-state index contributed by atoms with van der Waals surface area (Å²) in [4.78, 5) is 53.7. The number of anilines is 2. The predicted molar refractivity (Wildman–Crippen MR) is 132 cm³/mol. The number of aromatic nitrogens is 1. The minimum atomic E-state index is -1.26. The van der Waals surface area contributed by atoms with Crippen molar-refractivity contribution in [2.45, 2.75) is 83.8 Å². The first kappa shape index (κ1) is 28.0. The molecule has 1 aromatic heterocycles. The Labute approximate surface area is 205 Å². The second-order valence-corrected chi connectivity index (χ2v) is 10.2. The minimum Gasteiger partial charge on any atom is -0.478 e. The number of carboxylic acids is 1. The number of hydrogen-bond donors (Lipinski definition) is 6. The average molecular weight is 491 g/mol. The fourth-order valence-electron chi connectivity index (χ4n) is 4.21. The van der Waals surface area contributed by atoms with Gasteiger partial charge >= 0.3 is 5.97 Å². The largest absolute Gasteiger partial charge is 0.478 e. The Bertz CT molecular complexity index is 942. The summed E-state index contributed by atoms with van der Waals surface area (Å²) in [5.41, 5.74) is 10.6. The van der Waals surface area contributed by atoms with Gasteiger partial charge in [-0.1, -0.05) is 33.1 Å². The summed E-state index contributed by atoms with van der Waals surface area (Å²) >= 11 is 0. The molecule has 0 saturated heterocycles. The minimum absolute atomic E-state index is 0.0127. The third-order valence-electron chi connectivity index (χ3n) is 6.28. The maximum absolute atomic E-state index is 13.3. The van der Waals surface area contributed by atoms with Crippen LogP contribution < -0.4 is 27.4 Å². The molecule has 0 aromatic carbocycles. The predicted octanol–water partition coefficient (Wildman–Crippen LogP) is 1.63. The summed E-state index contributed by atoms with van der Waals surface area (Å²) < 4.78 is 0. The van der Waals surface area contributed by atoms with Gasteiger partial charge in [0.2, 0.25) is 17.7 Å². The quantitative estimate of drug-likeness (QED) is 0.285. The summed E-state index contributed by atoms with van der Waals surface area (Å²) in [6, 6.07) is -1.48. The van der Waals surface area contributed by atoms with Gasteiger partial charge in [0.25, 0.3) is 0 Å². The zero-order valence-corrected chi connectivity index (χ0v) is 20.9. The molecule has 0 bridgehead atoms. The lowest BCUT2D eigenvalue weighted by atomic mass is 9.82. The Morgan fingerprint density at radius 3 is 2.31 bits per heavy atom. The molecule has 1 aliphatic rings. The fourth-order valence-corrected chi connectivity index (χ4v) is 4.21. The van der Waals surface area contributed by atoms with E-state index in [9.17, 15) is 24.3 Å². The zero-order chi connectivity index (χ0) is 26.3. The fraction of sp³-hybridized carbons (Fsp3) is 0.625. The smallest absolute Gasteiger partial charge is 0.339 e. The van der Waals surface area contributed by atoms with Crippen molar-refractivity contribution in [3.8, 4) is 0 Å². The molecule has 0 unspecified atom stereocenters. The van der Waals surface area contributed by atoms with E-state index < -0.39 is 29.5 Å². The summed E-state index contributed by atoms with van der Waals surface area (Å²) in [7, 11) is 0. The number of nitrogens with one attached hydrogen (secondary N) is 3. The highest BCUT2D eigenvalue weighted by Crippen LogP contribution is 2.28. The van der Waals surface area contributed by atoms with Crippen molar-refractivity contribution in [2.75, 3.05) is 11.1 Å². The number of aromatic carboxylic acids is 1. The molecule has 1 heterocycles. The average Bonchev–Trinajstić information content (AvgIpc) is 2.77. The molecule has 2 atom stereocenters. The second kappa shape index (κ2) is 12.0. The van der Waals surface area contributed by atoms with Crippen LogP contribution in [-0.2, 0) is 14.4 Å². The Morgan fingerprint density at radius 1 is 1.11 bits per heavy atom. The molecule has 1 saturated carbocycles. The highest BCUT2D eigenvalue weighted by atomic mass is 16.4. The summed E-state index contributed by atoms with van der Waals surface area (Å²) in [6.07, 6.45) is 6.95. The maximum Gasteiger partial charge on any atom is 0.339 e. The van der Waals surface area contributed by atoms with Crippen LogP contribution in [0.4, 0.5) is 11.4 Å². The molecule has 35 heavy (non-hydrogen) atoms. The van der Waals surface area contributed by atoms with Gasteiger partial charge in [0, 0.05) is 18.2 Å². The molecule has 2 rings (SSSR count). The van der Waals surface area contributed by atoms with Gasteiger partial charge in [0.05, 0.1) is 23.6 Å². The van der Waals surface area contributed by atoms with Crippen molar-refractivity contribution in [1.29, 1.82) is 0 Å². The monoisotopic (exact) mass is 490 g/mol. The molecule has 1 fully saturated rings. The molecule has 8 N–H and O–H groups in total. The van der Waals surface area contributed by atoms with Crippen LogP contribution in [0.2, 0.25) is 0 Å². The van der Waals surface area contributed by atoms with Crippen LogP contribution in [0.25, 0.3) is 0 Å². The van der Waals surface area contributed by atoms with Crippen LogP contribution in [0.3, 0.4) is 0 Å². The lowest BCUT2D eigenvalue weighted by molar-refractivity contribution is -0.133. The molecular formula is C24H38N6O5. The van der Waals surface area contributed by atoms with E-state index in [1.54, 1.807) is 13.8 Å². The molecular weight excluding hydrogens is 452 g/mol. The second-order valence-electron chi connectivity index (χ2n) is 10.2. The van der Waals surface area contributed by atoms with Crippen molar-refractivity contribution in [3.63, 3.8) is 0 Å². The molecule has 1 aromatic rings.